The smallest absolute Gasteiger partial charge is 0.411 e. The van der Waals surface area contributed by atoms with Crippen LogP contribution >= 0.6 is 24.0 Å². The summed E-state index contributed by atoms with van der Waals surface area (Å²) in [4.78, 5) is 15.8. The number of aryl methyl sites for hydroxylation is 1. The Kier molecular flexibility index (Phi) is 11.6. The largest absolute Gasteiger partial charge is 0.492 e. The Morgan fingerprint density at radius 2 is 1.72 bits per heavy atom. The van der Waals surface area contributed by atoms with Crippen LogP contribution in [0.2, 0.25) is 0 Å². The molecule has 0 unspecified atom stereocenters. The van der Waals surface area contributed by atoms with Gasteiger partial charge in [0.2, 0.25) is 0 Å². The van der Waals surface area contributed by atoms with Gasteiger partial charge in [0, 0.05) is 12.2 Å². The summed E-state index contributed by atoms with van der Waals surface area (Å²) < 4.78 is 10.3. The van der Waals surface area contributed by atoms with Gasteiger partial charge in [-0.25, -0.2) is 9.79 Å². The van der Waals surface area contributed by atoms with Crippen LogP contribution in [-0.4, -0.2) is 38.9 Å². The van der Waals surface area contributed by atoms with E-state index in [2.05, 4.69) is 25.7 Å². The molecule has 0 bridgehead atoms. The van der Waals surface area contributed by atoms with Gasteiger partial charge in [-0.2, -0.15) is 0 Å². The zero-order valence-corrected chi connectivity index (χ0v) is 19.4. The topological polar surface area (TPSA) is 84.0 Å². The molecule has 3 N–H and O–H groups in total. The number of carbonyl (C=O) groups excluding carboxylic acids is 1. The standard InChI is InChI=1S/C21H28N4O3.HI/c1-4-22-20(23-13-14-28-19-11-5-16(2)6-12-19)24-15-17-7-9-18(10-8-17)25-21(26)27-3;/h5-12H,4,13-15H2,1-3H3,(H,25,26)(H2,22,23,24);1H. The Balaban J connectivity index is 0.00000420. The molecule has 0 saturated heterocycles. The van der Waals surface area contributed by atoms with Crippen LogP contribution in [0.1, 0.15) is 18.1 Å². The number of hydrogen-bond donors (Lipinski definition) is 3. The second-order valence-corrected chi connectivity index (χ2v) is 6.10. The molecule has 8 heteroatoms. The van der Waals surface area contributed by atoms with E-state index < -0.39 is 6.09 Å². The van der Waals surface area contributed by atoms with Crippen LogP contribution in [0.15, 0.2) is 53.5 Å². The highest BCUT2D eigenvalue weighted by Crippen LogP contribution is 2.11. The summed E-state index contributed by atoms with van der Waals surface area (Å²) >= 11 is 0. The van der Waals surface area contributed by atoms with Crippen LogP contribution in [0.3, 0.4) is 0 Å². The molecule has 0 aliphatic rings. The van der Waals surface area contributed by atoms with Crippen molar-refractivity contribution in [2.24, 2.45) is 4.99 Å². The molecule has 0 aliphatic carbocycles. The van der Waals surface area contributed by atoms with Crippen LogP contribution in [0, 0.1) is 6.92 Å². The number of rotatable bonds is 8. The number of guanidine groups is 1. The lowest BCUT2D eigenvalue weighted by Crippen LogP contribution is -2.39. The van der Waals surface area contributed by atoms with Crippen molar-refractivity contribution in [3.63, 3.8) is 0 Å². The molecular formula is C21H29IN4O3. The minimum Gasteiger partial charge on any atom is -0.492 e. The average molecular weight is 512 g/mol. The quantitative estimate of drug-likeness (QED) is 0.216. The molecular weight excluding hydrogens is 483 g/mol. The number of anilines is 1. The minimum atomic E-state index is -0.489. The molecule has 0 aromatic heterocycles. The predicted octanol–water partition coefficient (Wildman–Crippen LogP) is 3.93. The number of amides is 1. The number of methoxy groups -OCH3 is 1. The molecule has 158 valence electrons. The first kappa shape index (κ1) is 24.5. The van der Waals surface area contributed by atoms with E-state index in [1.165, 1.54) is 12.7 Å². The maximum Gasteiger partial charge on any atom is 0.411 e. The third-order valence-corrected chi connectivity index (χ3v) is 3.83. The van der Waals surface area contributed by atoms with Gasteiger partial charge in [-0.1, -0.05) is 29.8 Å². The van der Waals surface area contributed by atoms with Gasteiger partial charge >= 0.3 is 6.09 Å². The Morgan fingerprint density at radius 3 is 2.34 bits per heavy atom. The summed E-state index contributed by atoms with van der Waals surface area (Å²) in [5.41, 5.74) is 2.92. The summed E-state index contributed by atoms with van der Waals surface area (Å²) in [6, 6.07) is 15.5. The average Bonchev–Trinajstić information content (AvgIpc) is 2.71. The highest BCUT2D eigenvalue weighted by molar-refractivity contribution is 14.0. The fourth-order valence-electron chi connectivity index (χ4n) is 2.35. The fourth-order valence-corrected chi connectivity index (χ4v) is 2.35. The van der Waals surface area contributed by atoms with Crippen molar-refractivity contribution in [2.75, 3.05) is 32.1 Å². The highest BCUT2D eigenvalue weighted by atomic mass is 127. The highest BCUT2D eigenvalue weighted by Gasteiger charge is 2.01. The van der Waals surface area contributed by atoms with Gasteiger partial charge in [0.25, 0.3) is 0 Å². The van der Waals surface area contributed by atoms with Gasteiger partial charge in [-0.3, -0.25) is 5.32 Å². The zero-order chi connectivity index (χ0) is 20.2. The molecule has 1 amide bonds. The van der Waals surface area contributed by atoms with Crippen molar-refractivity contribution < 1.29 is 14.3 Å². The first-order valence-electron chi connectivity index (χ1n) is 9.26. The zero-order valence-electron chi connectivity index (χ0n) is 17.0. The molecule has 0 radical (unpaired) electrons. The number of hydrogen-bond acceptors (Lipinski definition) is 4. The van der Waals surface area contributed by atoms with E-state index in [1.807, 2.05) is 62.4 Å². The molecule has 0 heterocycles. The first-order valence-corrected chi connectivity index (χ1v) is 9.26. The molecule has 0 atom stereocenters. The van der Waals surface area contributed by atoms with Crippen molar-refractivity contribution in [2.45, 2.75) is 20.4 Å². The Labute approximate surface area is 189 Å². The SMILES string of the molecule is CCNC(=NCc1ccc(NC(=O)OC)cc1)NCCOc1ccc(C)cc1.I. The Morgan fingerprint density at radius 1 is 1.03 bits per heavy atom. The van der Waals surface area contributed by atoms with Gasteiger partial charge in [-0.05, 0) is 43.7 Å². The third kappa shape index (κ3) is 9.51. The van der Waals surface area contributed by atoms with Gasteiger partial charge in [0.15, 0.2) is 5.96 Å². The lowest BCUT2D eigenvalue weighted by Gasteiger charge is -2.12. The summed E-state index contributed by atoms with van der Waals surface area (Å²) in [7, 11) is 1.33. The number of aliphatic imine (C=N–C) groups is 1. The molecule has 0 saturated carbocycles. The molecule has 0 spiro atoms. The molecule has 7 nitrogen and oxygen atoms in total. The predicted molar refractivity (Wildman–Crippen MR) is 127 cm³/mol. The maximum atomic E-state index is 11.2. The monoisotopic (exact) mass is 512 g/mol. The number of halogens is 1. The van der Waals surface area contributed by atoms with Gasteiger partial charge in [-0.15, -0.1) is 24.0 Å². The number of ether oxygens (including phenoxy) is 2. The van der Waals surface area contributed by atoms with Crippen LogP contribution in [-0.2, 0) is 11.3 Å². The first-order chi connectivity index (χ1) is 13.6. The maximum absolute atomic E-state index is 11.2. The van der Waals surface area contributed by atoms with E-state index in [0.717, 1.165) is 23.8 Å². The lowest BCUT2D eigenvalue weighted by molar-refractivity contribution is 0.187. The van der Waals surface area contributed by atoms with E-state index >= 15 is 0 Å². The van der Waals surface area contributed by atoms with Crippen molar-refractivity contribution in [3.05, 3.63) is 59.7 Å². The summed E-state index contributed by atoms with van der Waals surface area (Å²) in [6.45, 7) is 6.54. The van der Waals surface area contributed by atoms with E-state index in [9.17, 15) is 4.79 Å². The van der Waals surface area contributed by atoms with Crippen LogP contribution < -0.4 is 20.7 Å². The van der Waals surface area contributed by atoms with Crippen molar-refractivity contribution >= 4 is 41.7 Å². The van der Waals surface area contributed by atoms with Crippen molar-refractivity contribution in [1.82, 2.24) is 10.6 Å². The van der Waals surface area contributed by atoms with Crippen molar-refractivity contribution in [3.8, 4) is 5.75 Å². The summed E-state index contributed by atoms with van der Waals surface area (Å²) in [5, 5.41) is 9.09. The van der Waals surface area contributed by atoms with Gasteiger partial charge in [0.05, 0.1) is 20.2 Å². The van der Waals surface area contributed by atoms with E-state index in [-0.39, 0.29) is 24.0 Å². The number of carbonyl (C=O) groups is 1. The molecule has 2 aromatic rings. The number of nitrogens with zero attached hydrogens (tertiary/aromatic N) is 1. The molecule has 2 aromatic carbocycles. The number of benzene rings is 2. The molecule has 29 heavy (non-hydrogen) atoms. The fraction of sp³-hybridized carbons (Fsp3) is 0.333. The Bertz CT molecular complexity index is 765. The molecule has 2 rings (SSSR count). The third-order valence-electron chi connectivity index (χ3n) is 3.83. The second-order valence-electron chi connectivity index (χ2n) is 6.10. The molecule has 0 aliphatic heterocycles. The summed E-state index contributed by atoms with van der Waals surface area (Å²) in [5.74, 6) is 1.58. The van der Waals surface area contributed by atoms with Gasteiger partial charge < -0.3 is 20.1 Å². The second kappa shape index (κ2) is 13.6. The van der Waals surface area contributed by atoms with Crippen LogP contribution in [0.4, 0.5) is 10.5 Å². The molecule has 0 fully saturated rings. The van der Waals surface area contributed by atoms with Crippen LogP contribution in [0.5, 0.6) is 5.75 Å². The lowest BCUT2D eigenvalue weighted by atomic mass is 10.2. The Hall–Kier alpha value is -2.49. The normalized spacial score (nSPS) is 10.5. The summed E-state index contributed by atoms with van der Waals surface area (Å²) in [6.07, 6.45) is -0.489. The minimum absolute atomic E-state index is 0. The van der Waals surface area contributed by atoms with Crippen molar-refractivity contribution in [1.29, 1.82) is 0 Å². The number of nitrogens with one attached hydrogen (secondary N) is 3. The van der Waals surface area contributed by atoms with Crippen LogP contribution in [0.25, 0.3) is 0 Å². The van der Waals surface area contributed by atoms with E-state index in [0.29, 0.717) is 25.4 Å². The van der Waals surface area contributed by atoms with E-state index in [1.54, 1.807) is 0 Å². The van der Waals surface area contributed by atoms with Gasteiger partial charge in [0.1, 0.15) is 12.4 Å². The van der Waals surface area contributed by atoms with E-state index in [4.69, 9.17) is 4.74 Å².